The first-order chi connectivity index (χ1) is 9.52. The van der Waals surface area contributed by atoms with Crippen molar-refractivity contribution in [3.05, 3.63) is 40.9 Å². The molecule has 0 saturated heterocycles. The molecule has 0 radical (unpaired) electrons. The fraction of sp³-hybridized carbons (Fsp3) is 0.357. The van der Waals surface area contributed by atoms with E-state index in [1.54, 1.807) is 13.1 Å². The molecule has 106 valence electrons. The Balaban J connectivity index is 2.08. The summed E-state index contributed by atoms with van der Waals surface area (Å²) in [7, 11) is 0. The number of aromatic nitrogens is 1. The van der Waals surface area contributed by atoms with Gasteiger partial charge in [0.1, 0.15) is 5.57 Å². The van der Waals surface area contributed by atoms with Crippen LogP contribution in [0.5, 0.6) is 0 Å². The molecule has 0 bridgehead atoms. The highest BCUT2D eigenvalue weighted by molar-refractivity contribution is 6.04. The second kappa shape index (κ2) is 5.73. The molecular weight excluding hydrogens is 260 g/mol. The molecule has 1 aliphatic heterocycles. The monoisotopic (exact) mass is 276 g/mol. The van der Waals surface area contributed by atoms with Crippen molar-refractivity contribution in [1.82, 2.24) is 9.88 Å². The maximum atomic E-state index is 11.9. The number of aryl methyl sites for hydroxylation is 1. The number of ether oxygens (including phenoxy) is 1. The van der Waals surface area contributed by atoms with Crippen molar-refractivity contribution < 1.29 is 19.4 Å². The van der Waals surface area contributed by atoms with Gasteiger partial charge in [0.15, 0.2) is 5.76 Å². The van der Waals surface area contributed by atoms with Gasteiger partial charge in [-0.3, -0.25) is 9.78 Å². The molecule has 1 aromatic rings. The lowest BCUT2D eigenvalue weighted by atomic mass is 10.2. The third-order valence-corrected chi connectivity index (χ3v) is 2.99. The van der Waals surface area contributed by atoms with Gasteiger partial charge in [-0.05, 0) is 25.5 Å². The molecule has 0 saturated carbocycles. The van der Waals surface area contributed by atoms with E-state index in [2.05, 4.69) is 4.98 Å². The van der Waals surface area contributed by atoms with Gasteiger partial charge in [0.2, 0.25) is 0 Å². The number of esters is 1. The van der Waals surface area contributed by atoms with E-state index in [0.29, 0.717) is 6.54 Å². The minimum absolute atomic E-state index is 0.0110. The fourth-order valence-corrected chi connectivity index (χ4v) is 1.94. The van der Waals surface area contributed by atoms with Crippen LogP contribution >= 0.6 is 0 Å². The van der Waals surface area contributed by atoms with Crippen LogP contribution < -0.4 is 0 Å². The maximum Gasteiger partial charge on any atom is 0.339 e. The summed E-state index contributed by atoms with van der Waals surface area (Å²) in [5.74, 6) is -1.74. The zero-order valence-electron chi connectivity index (χ0n) is 11.4. The highest BCUT2D eigenvalue weighted by Gasteiger charge is 2.34. The first-order valence-electron chi connectivity index (χ1n) is 6.33. The van der Waals surface area contributed by atoms with Gasteiger partial charge in [-0.2, -0.15) is 0 Å². The van der Waals surface area contributed by atoms with E-state index in [1.807, 2.05) is 19.1 Å². The summed E-state index contributed by atoms with van der Waals surface area (Å²) in [4.78, 5) is 29.0. The van der Waals surface area contributed by atoms with Gasteiger partial charge < -0.3 is 14.7 Å². The van der Waals surface area contributed by atoms with Crippen molar-refractivity contribution in [3.63, 3.8) is 0 Å². The highest BCUT2D eigenvalue weighted by Crippen LogP contribution is 2.20. The summed E-state index contributed by atoms with van der Waals surface area (Å²) >= 11 is 0. The predicted molar refractivity (Wildman–Crippen MR) is 70.7 cm³/mol. The van der Waals surface area contributed by atoms with Gasteiger partial charge in [0.25, 0.3) is 5.91 Å². The van der Waals surface area contributed by atoms with Crippen LogP contribution in [0.25, 0.3) is 0 Å². The molecule has 6 heteroatoms. The molecule has 1 aliphatic rings. The minimum atomic E-state index is -0.650. The molecule has 2 heterocycles. The topological polar surface area (TPSA) is 79.7 Å². The molecule has 0 spiro atoms. The molecule has 1 amide bonds. The highest BCUT2D eigenvalue weighted by atomic mass is 16.5. The minimum Gasteiger partial charge on any atom is -0.503 e. The number of rotatable bonds is 4. The van der Waals surface area contributed by atoms with Crippen molar-refractivity contribution in [2.24, 2.45) is 0 Å². The van der Waals surface area contributed by atoms with Crippen LogP contribution in [0.15, 0.2) is 29.7 Å². The number of pyridine rings is 1. The average molecular weight is 276 g/mol. The summed E-state index contributed by atoms with van der Waals surface area (Å²) in [5.41, 5.74) is 1.73. The maximum absolute atomic E-state index is 11.9. The number of hydrogen-bond acceptors (Lipinski definition) is 5. The van der Waals surface area contributed by atoms with Crippen molar-refractivity contribution in [2.75, 3.05) is 13.2 Å². The summed E-state index contributed by atoms with van der Waals surface area (Å²) in [6, 6.07) is 3.70. The van der Waals surface area contributed by atoms with Gasteiger partial charge >= 0.3 is 5.97 Å². The van der Waals surface area contributed by atoms with Crippen LogP contribution in [-0.4, -0.2) is 40.0 Å². The van der Waals surface area contributed by atoms with Gasteiger partial charge in [-0.25, -0.2) is 4.79 Å². The molecular formula is C14H16N2O4. The molecule has 0 unspecified atom stereocenters. The molecule has 1 N–H and O–H groups in total. The third kappa shape index (κ3) is 2.79. The Morgan fingerprint density at radius 2 is 2.25 bits per heavy atom. The second-order valence-corrected chi connectivity index (χ2v) is 4.52. The fourth-order valence-electron chi connectivity index (χ4n) is 1.94. The van der Waals surface area contributed by atoms with Crippen LogP contribution in [0.4, 0.5) is 0 Å². The smallest absolute Gasteiger partial charge is 0.339 e. The lowest BCUT2D eigenvalue weighted by Crippen LogP contribution is -2.27. The number of hydrogen-bond donors (Lipinski definition) is 1. The van der Waals surface area contributed by atoms with Crippen molar-refractivity contribution in [1.29, 1.82) is 0 Å². The number of amides is 1. The van der Waals surface area contributed by atoms with Gasteiger partial charge in [-0.1, -0.05) is 6.07 Å². The first-order valence-corrected chi connectivity index (χ1v) is 6.33. The van der Waals surface area contributed by atoms with Crippen LogP contribution in [0, 0.1) is 6.92 Å². The predicted octanol–water partition coefficient (Wildman–Crippen LogP) is 1.11. The Hall–Kier alpha value is -2.37. The SMILES string of the molecule is CCOC(=O)C1=C(O)C(=O)N(Cc2ccc(C)nc2)C1. The Labute approximate surface area is 116 Å². The standard InChI is InChI=1S/C14H16N2O4/c1-3-20-14(19)11-8-16(13(18)12(11)17)7-10-5-4-9(2)15-6-10/h4-6,17H,3,7-8H2,1-2H3. The Morgan fingerprint density at radius 3 is 2.85 bits per heavy atom. The van der Waals surface area contributed by atoms with E-state index >= 15 is 0 Å². The van der Waals surface area contributed by atoms with E-state index in [1.165, 1.54) is 4.90 Å². The number of aliphatic hydroxyl groups is 1. The lowest BCUT2D eigenvalue weighted by Gasteiger charge is -2.15. The van der Waals surface area contributed by atoms with Crippen LogP contribution in [0.2, 0.25) is 0 Å². The van der Waals surface area contributed by atoms with E-state index in [0.717, 1.165) is 11.3 Å². The molecule has 0 aromatic carbocycles. The zero-order chi connectivity index (χ0) is 14.7. The Morgan fingerprint density at radius 1 is 1.50 bits per heavy atom. The third-order valence-electron chi connectivity index (χ3n) is 2.99. The lowest BCUT2D eigenvalue weighted by molar-refractivity contribution is -0.138. The molecule has 20 heavy (non-hydrogen) atoms. The van der Waals surface area contributed by atoms with Gasteiger partial charge in [-0.15, -0.1) is 0 Å². The molecule has 0 fully saturated rings. The molecule has 0 atom stereocenters. The average Bonchev–Trinajstić information content (AvgIpc) is 2.70. The Bertz CT molecular complexity index is 563. The largest absolute Gasteiger partial charge is 0.503 e. The van der Waals surface area contributed by atoms with Gasteiger partial charge in [0.05, 0.1) is 13.2 Å². The van der Waals surface area contributed by atoms with Crippen molar-refractivity contribution in [3.8, 4) is 0 Å². The molecule has 0 aliphatic carbocycles. The van der Waals surface area contributed by atoms with E-state index in [-0.39, 0.29) is 18.7 Å². The van der Waals surface area contributed by atoms with Crippen LogP contribution in [-0.2, 0) is 20.9 Å². The first kappa shape index (κ1) is 14.0. The summed E-state index contributed by atoms with van der Waals surface area (Å²) in [6.45, 7) is 4.08. The summed E-state index contributed by atoms with van der Waals surface area (Å²) in [5, 5.41) is 9.72. The van der Waals surface area contributed by atoms with Crippen LogP contribution in [0.1, 0.15) is 18.2 Å². The number of carbonyl (C=O) groups excluding carboxylic acids is 2. The quantitative estimate of drug-likeness (QED) is 0.833. The molecule has 1 aromatic heterocycles. The summed E-state index contributed by atoms with van der Waals surface area (Å²) < 4.78 is 4.81. The van der Waals surface area contributed by atoms with Crippen LogP contribution in [0.3, 0.4) is 0 Å². The summed E-state index contributed by atoms with van der Waals surface area (Å²) in [6.07, 6.45) is 1.67. The van der Waals surface area contributed by atoms with E-state index < -0.39 is 17.6 Å². The zero-order valence-corrected chi connectivity index (χ0v) is 11.4. The molecule has 2 rings (SSSR count). The van der Waals surface area contributed by atoms with Gasteiger partial charge in [0, 0.05) is 18.4 Å². The number of carbonyl (C=O) groups is 2. The van der Waals surface area contributed by atoms with E-state index in [4.69, 9.17) is 4.74 Å². The van der Waals surface area contributed by atoms with Crippen molar-refractivity contribution >= 4 is 11.9 Å². The molecule has 6 nitrogen and oxygen atoms in total. The van der Waals surface area contributed by atoms with E-state index in [9.17, 15) is 14.7 Å². The Kier molecular flexibility index (Phi) is 4.02. The van der Waals surface area contributed by atoms with Crippen molar-refractivity contribution in [2.45, 2.75) is 20.4 Å². The second-order valence-electron chi connectivity index (χ2n) is 4.52. The number of aliphatic hydroxyl groups excluding tert-OH is 1. The number of nitrogens with zero attached hydrogens (tertiary/aromatic N) is 2. The normalized spacial score (nSPS) is 14.9.